The van der Waals surface area contributed by atoms with E-state index in [1.807, 2.05) is 0 Å². The van der Waals surface area contributed by atoms with Gasteiger partial charge in [-0.25, -0.2) is 0 Å². The van der Waals surface area contributed by atoms with E-state index in [0.29, 0.717) is 17.8 Å². The van der Waals surface area contributed by atoms with Crippen molar-refractivity contribution in [2.45, 2.75) is 25.8 Å². The molecule has 2 fully saturated rings. The van der Waals surface area contributed by atoms with Gasteiger partial charge in [-0.2, -0.15) is 0 Å². The average Bonchev–Trinajstić information content (AvgIpc) is 1.98. The van der Waals surface area contributed by atoms with E-state index < -0.39 is 0 Å². The van der Waals surface area contributed by atoms with E-state index in [-0.39, 0.29) is 17.9 Å². The molecule has 0 aromatic rings. The summed E-state index contributed by atoms with van der Waals surface area (Å²) in [5, 5.41) is 0. The Morgan fingerprint density at radius 2 is 2.25 bits per heavy atom. The van der Waals surface area contributed by atoms with Crippen LogP contribution in [0.5, 0.6) is 0 Å². The van der Waals surface area contributed by atoms with E-state index in [9.17, 15) is 4.79 Å². The Balaban J connectivity index is 2.06. The molecule has 0 radical (unpaired) electrons. The van der Waals surface area contributed by atoms with Gasteiger partial charge < -0.3 is 11.5 Å². The molecule has 1 amide bonds. The molecule has 0 bridgehead atoms. The highest BCUT2D eigenvalue weighted by molar-refractivity contribution is 5.79. The maximum atomic E-state index is 11.1. The van der Waals surface area contributed by atoms with E-state index in [1.54, 1.807) is 0 Å². The zero-order valence-electron chi connectivity index (χ0n) is 7.36. The Labute approximate surface area is 72.5 Å². The van der Waals surface area contributed by atoms with Crippen LogP contribution in [0.3, 0.4) is 0 Å². The summed E-state index contributed by atoms with van der Waals surface area (Å²) in [7, 11) is 0. The minimum atomic E-state index is -0.141. The summed E-state index contributed by atoms with van der Waals surface area (Å²) in [5.41, 5.74) is 11.1. The predicted molar refractivity (Wildman–Crippen MR) is 46.0 cm³/mol. The molecule has 0 saturated heterocycles. The minimum absolute atomic E-state index is 0.0868. The lowest BCUT2D eigenvalue weighted by molar-refractivity contribution is -0.157. The number of fused-ring (bicyclic) bond motifs is 1. The van der Waals surface area contributed by atoms with Crippen molar-refractivity contribution in [2.75, 3.05) is 0 Å². The van der Waals surface area contributed by atoms with Gasteiger partial charge in [-0.1, -0.05) is 13.3 Å². The number of hydrogen-bond donors (Lipinski definition) is 2. The monoisotopic (exact) mass is 168 g/mol. The molecular weight excluding hydrogens is 152 g/mol. The fraction of sp³-hybridized carbons (Fsp3) is 0.889. The second-order valence-corrected chi connectivity index (χ2v) is 4.14. The maximum Gasteiger partial charge on any atom is 0.221 e. The van der Waals surface area contributed by atoms with Crippen molar-refractivity contribution in [3.63, 3.8) is 0 Å². The van der Waals surface area contributed by atoms with Gasteiger partial charge in [0.05, 0.1) is 0 Å². The molecule has 2 saturated carbocycles. The normalized spacial score (nSPS) is 50.3. The molecular formula is C9H16N2O. The van der Waals surface area contributed by atoms with Crippen LogP contribution in [0.4, 0.5) is 0 Å². The molecule has 0 aliphatic heterocycles. The number of rotatable bonds is 2. The van der Waals surface area contributed by atoms with Gasteiger partial charge in [0.1, 0.15) is 0 Å². The van der Waals surface area contributed by atoms with Crippen LogP contribution in [0.15, 0.2) is 0 Å². The van der Waals surface area contributed by atoms with Crippen molar-refractivity contribution in [1.29, 1.82) is 0 Å². The third-order valence-corrected chi connectivity index (χ3v) is 3.76. The van der Waals surface area contributed by atoms with Crippen molar-refractivity contribution in [1.82, 2.24) is 0 Å². The van der Waals surface area contributed by atoms with Gasteiger partial charge in [0.2, 0.25) is 5.91 Å². The summed E-state index contributed by atoms with van der Waals surface area (Å²) in [4.78, 5) is 11.1. The van der Waals surface area contributed by atoms with Crippen molar-refractivity contribution < 1.29 is 4.79 Å². The second kappa shape index (κ2) is 2.46. The van der Waals surface area contributed by atoms with Gasteiger partial charge in [0, 0.05) is 12.0 Å². The van der Waals surface area contributed by atoms with Crippen LogP contribution >= 0.6 is 0 Å². The Hall–Kier alpha value is -0.570. The Morgan fingerprint density at radius 3 is 2.67 bits per heavy atom. The van der Waals surface area contributed by atoms with Crippen LogP contribution in [0, 0.1) is 23.7 Å². The highest BCUT2D eigenvalue weighted by atomic mass is 16.1. The zero-order chi connectivity index (χ0) is 8.88. The lowest BCUT2D eigenvalue weighted by Gasteiger charge is -2.61. The van der Waals surface area contributed by atoms with Crippen molar-refractivity contribution in [3.8, 4) is 0 Å². The molecule has 2 aliphatic rings. The molecule has 68 valence electrons. The quantitative estimate of drug-likeness (QED) is 0.613. The number of carbonyl (C=O) groups excluding carboxylic acids is 1. The first-order valence-electron chi connectivity index (χ1n) is 4.71. The number of primary amides is 1. The Bertz CT molecular complexity index is 211. The number of amides is 1. The molecule has 0 aromatic heterocycles. The molecule has 12 heavy (non-hydrogen) atoms. The predicted octanol–water partition coefficient (Wildman–Crippen LogP) is 0.0911. The van der Waals surface area contributed by atoms with Gasteiger partial charge in [-0.3, -0.25) is 4.79 Å². The molecule has 0 aromatic carbocycles. The maximum absolute atomic E-state index is 11.1. The summed E-state index contributed by atoms with van der Waals surface area (Å²) in [6, 6.07) is 0.246. The highest BCUT2D eigenvalue weighted by Gasteiger charge is 2.60. The fourth-order valence-corrected chi connectivity index (χ4v) is 3.11. The van der Waals surface area contributed by atoms with E-state index in [2.05, 4.69) is 6.92 Å². The van der Waals surface area contributed by atoms with Crippen molar-refractivity contribution in [2.24, 2.45) is 35.1 Å². The molecule has 5 atom stereocenters. The minimum Gasteiger partial charge on any atom is -0.369 e. The molecule has 2 aliphatic carbocycles. The molecule has 4 N–H and O–H groups in total. The lowest BCUT2D eigenvalue weighted by Crippen LogP contribution is -2.67. The Kier molecular flexibility index (Phi) is 1.65. The summed E-state index contributed by atoms with van der Waals surface area (Å²) in [6.07, 6.45) is 2.18. The summed E-state index contributed by atoms with van der Waals surface area (Å²) < 4.78 is 0. The van der Waals surface area contributed by atoms with Crippen molar-refractivity contribution >= 4 is 5.91 Å². The van der Waals surface area contributed by atoms with Gasteiger partial charge in [-0.15, -0.1) is 0 Å². The zero-order valence-corrected chi connectivity index (χ0v) is 7.36. The highest BCUT2D eigenvalue weighted by Crippen LogP contribution is 2.58. The first kappa shape index (κ1) is 8.05. The van der Waals surface area contributed by atoms with E-state index in [4.69, 9.17) is 11.5 Å². The van der Waals surface area contributed by atoms with Gasteiger partial charge in [0.25, 0.3) is 0 Å². The molecule has 3 nitrogen and oxygen atoms in total. The first-order valence-corrected chi connectivity index (χ1v) is 4.71. The fourth-order valence-electron chi connectivity index (χ4n) is 3.11. The number of carbonyl (C=O) groups is 1. The summed E-state index contributed by atoms with van der Waals surface area (Å²) in [6.45, 7) is 2.13. The molecule has 0 spiro atoms. The summed E-state index contributed by atoms with van der Waals surface area (Å²) in [5.74, 6) is 1.62. The van der Waals surface area contributed by atoms with Crippen LogP contribution in [-0.4, -0.2) is 11.9 Å². The van der Waals surface area contributed by atoms with Crippen LogP contribution in [0.2, 0.25) is 0 Å². The molecule has 2 rings (SSSR count). The van der Waals surface area contributed by atoms with E-state index >= 15 is 0 Å². The topological polar surface area (TPSA) is 69.1 Å². The lowest BCUT2D eigenvalue weighted by atomic mass is 9.44. The van der Waals surface area contributed by atoms with Gasteiger partial charge in [-0.05, 0) is 24.2 Å². The average molecular weight is 168 g/mol. The standard InChI is InChI=1S/C9H16N2O/c1-2-4-5-3-6(10)7(5)8(4)9(11)12/h4-8H,2-3,10H2,1H3,(H2,11,12). The van der Waals surface area contributed by atoms with Gasteiger partial charge >= 0.3 is 0 Å². The first-order chi connectivity index (χ1) is 5.66. The third kappa shape index (κ3) is 0.774. The van der Waals surface area contributed by atoms with Crippen LogP contribution in [-0.2, 0) is 4.79 Å². The van der Waals surface area contributed by atoms with Crippen LogP contribution in [0.25, 0.3) is 0 Å². The molecule has 3 heteroatoms. The van der Waals surface area contributed by atoms with Crippen LogP contribution < -0.4 is 11.5 Å². The number of hydrogen-bond acceptors (Lipinski definition) is 2. The SMILES string of the molecule is CCC1C2CC(N)C2C1C(N)=O. The number of nitrogens with two attached hydrogens (primary N) is 2. The van der Waals surface area contributed by atoms with Crippen molar-refractivity contribution in [3.05, 3.63) is 0 Å². The van der Waals surface area contributed by atoms with Gasteiger partial charge in [0.15, 0.2) is 0 Å². The smallest absolute Gasteiger partial charge is 0.221 e. The second-order valence-electron chi connectivity index (χ2n) is 4.14. The molecule has 0 heterocycles. The van der Waals surface area contributed by atoms with E-state index in [1.165, 1.54) is 0 Å². The van der Waals surface area contributed by atoms with Crippen LogP contribution in [0.1, 0.15) is 19.8 Å². The molecule has 5 unspecified atom stereocenters. The Morgan fingerprint density at radius 1 is 1.58 bits per heavy atom. The largest absolute Gasteiger partial charge is 0.369 e. The van der Waals surface area contributed by atoms with E-state index in [0.717, 1.165) is 12.8 Å². The third-order valence-electron chi connectivity index (χ3n) is 3.76. The summed E-state index contributed by atoms with van der Waals surface area (Å²) >= 11 is 0.